The molecule has 2 fully saturated rings. The highest BCUT2D eigenvalue weighted by molar-refractivity contribution is 6.00. The summed E-state index contributed by atoms with van der Waals surface area (Å²) in [6, 6.07) is 8.25. The van der Waals surface area contributed by atoms with Crippen molar-refractivity contribution >= 4 is 23.2 Å². The number of nitrogens with zero attached hydrogens (tertiary/aromatic N) is 3. The van der Waals surface area contributed by atoms with Crippen molar-refractivity contribution in [3.63, 3.8) is 0 Å². The number of carbonyl (C=O) groups is 2. The average molecular weight is 357 g/mol. The molecule has 2 saturated heterocycles. The van der Waals surface area contributed by atoms with E-state index in [2.05, 4.69) is 30.9 Å². The number of hydrogen-bond acceptors (Lipinski definition) is 3. The van der Waals surface area contributed by atoms with Crippen molar-refractivity contribution in [2.75, 3.05) is 42.5 Å². The van der Waals surface area contributed by atoms with Gasteiger partial charge in [0.05, 0.1) is 5.92 Å². The van der Waals surface area contributed by atoms with E-state index in [4.69, 9.17) is 0 Å². The van der Waals surface area contributed by atoms with Gasteiger partial charge < -0.3 is 14.7 Å². The zero-order chi connectivity index (χ0) is 18.5. The molecule has 2 aliphatic heterocycles. The van der Waals surface area contributed by atoms with E-state index in [1.807, 2.05) is 17.0 Å². The Morgan fingerprint density at radius 2 is 1.62 bits per heavy atom. The minimum atomic E-state index is -0.209. The third-order valence-corrected chi connectivity index (χ3v) is 5.41. The Morgan fingerprint density at radius 3 is 2.19 bits per heavy atom. The van der Waals surface area contributed by atoms with Gasteiger partial charge in [-0.25, -0.2) is 0 Å². The minimum absolute atomic E-state index is 0.0604. The Labute approximate surface area is 156 Å². The number of amides is 2. The summed E-state index contributed by atoms with van der Waals surface area (Å²) in [5, 5.41) is 0. The van der Waals surface area contributed by atoms with Crippen LogP contribution < -0.4 is 9.80 Å². The van der Waals surface area contributed by atoms with Gasteiger partial charge in [-0.2, -0.15) is 0 Å². The van der Waals surface area contributed by atoms with Crippen LogP contribution in [0.1, 0.15) is 46.0 Å². The fourth-order valence-electron chi connectivity index (χ4n) is 4.07. The van der Waals surface area contributed by atoms with Crippen LogP contribution in [-0.2, 0) is 9.59 Å². The first-order chi connectivity index (χ1) is 12.6. The summed E-state index contributed by atoms with van der Waals surface area (Å²) in [6.45, 7) is 8.47. The summed E-state index contributed by atoms with van der Waals surface area (Å²) < 4.78 is 0. The summed E-state index contributed by atoms with van der Waals surface area (Å²) in [6.07, 6.45) is 4.74. The molecule has 0 radical (unpaired) electrons. The molecule has 0 aliphatic carbocycles. The van der Waals surface area contributed by atoms with Crippen molar-refractivity contribution in [3.8, 4) is 0 Å². The maximum Gasteiger partial charge on any atom is 0.228 e. The Hall–Kier alpha value is -2.04. The fraction of sp³-hybridized carbons (Fsp3) is 0.619. The van der Waals surface area contributed by atoms with Crippen molar-refractivity contribution in [1.29, 1.82) is 0 Å². The third-order valence-electron chi connectivity index (χ3n) is 5.41. The van der Waals surface area contributed by atoms with Crippen molar-refractivity contribution in [1.82, 2.24) is 4.90 Å². The normalized spacial score (nSPS) is 20.1. The smallest absolute Gasteiger partial charge is 0.228 e. The first kappa shape index (κ1) is 18.7. The molecule has 0 N–H and O–H groups in total. The highest BCUT2D eigenvalue weighted by Gasteiger charge is 2.36. The molecule has 0 bridgehead atoms. The molecular weight excluding hydrogens is 326 g/mol. The van der Waals surface area contributed by atoms with E-state index in [1.54, 1.807) is 4.90 Å². The second kappa shape index (κ2) is 8.56. The van der Waals surface area contributed by atoms with Crippen LogP contribution in [0.15, 0.2) is 24.3 Å². The van der Waals surface area contributed by atoms with E-state index in [-0.39, 0.29) is 17.7 Å². The highest BCUT2D eigenvalue weighted by atomic mass is 16.2. The number of benzene rings is 1. The van der Waals surface area contributed by atoms with Gasteiger partial charge in [0.1, 0.15) is 0 Å². The van der Waals surface area contributed by atoms with Crippen molar-refractivity contribution in [2.45, 2.75) is 46.0 Å². The lowest BCUT2D eigenvalue weighted by molar-refractivity contribution is -0.135. The molecule has 2 aliphatic rings. The third kappa shape index (κ3) is 4.02. The van der Waals surface area contributed by atoms with E-state index in [0.29, 0.717) is 13.0 Å². The summed E-state index contributed by atoms with van der Waals surface area (Å²) in [5.74, 6) is -0.0117. The number of carbonyl (C=O) groups excluding carboxylic acids is 2. The second-order valence-corrected chi connectivity index (χ2v) is 7.44. The lowest BCUT2D eigenvalue weighted by Gasteiger charge is -2.25. The molecular formula is C21H31N3O2. The molecule has 26 heavy (non-hydrogen) atoms. The Morgan fingerprint density at radius 1 is 1.04 bits per heavy atom. The van der Waals surface area contributed by atoms with Crippen LogP contribution in [0.4, 0.5) is 11.4 Å². The maximum atomic E-state index is 12.8. The lowest BCUT2D eigenvalue weighted by Crippen LogP contribution is -2.38. The predicted molar refractivity (Wildman–Crippen MR) is 106 cm³/mol. The molecule has 142 valence electrons. The number of anilines is 2. The molecule has 1 aromatic carbocycles. The molecule has 1 unspecified atom stereocenters. The first-order valence-corrected chi connectivity index (χ1v) is 10.1. The molecule has 1 aromatic rings. The van der Waals surface area contributed by atoms with Crippen LogP contribution in [0.2, 0.25) is 0 Å². The van der Waals surface area contributed by atoms with Crippen LogP contribution in [0.3, 0.4) is 0 Å². The highest BCUT2D eigenvalue weighted by Crippen LogP contribution is 2.29. The molecule has 2 heterocycles. The zero-order valence-electron chi connectivity index (χ0n) is 16.1. The van der Waals surface area contributed by atoms with E-state index in [9.17, 15) is 9.59 Å². The minimum Gasteiger partial charge on any atom is -0.372 e. The second-order valence-electron chi connectivity index (χ2n) is 7.44. The Balaban J connectivity index is 1.66. The quantitative estimate of drug-likeness (QED) is 0.752. The zero-order valence-corrected chi connectivity index (χ0v) is 16.1. The lowest BCUT2D eigenvalue weighted by atomic mass is 10.1. The van der Waals surface area contributed by atoms with Gasteiger partial charge in [-0.05, 0) is 49.9 Å². The van der Waals surface area contributed by atoms with Crippen LogP contribution in [0, 0.1) is 5.92 Å². The van der Waals surface area contributed by atoms with Gasteiger partial charge in [-0.1, -0.05) is 13.8 Å². The molecule has 0 saturated carbocycles. The first-order valence-electron chi connectivity index (χ1n) is 10.1. The van der Waals surface area contributed by atoms with Gasteiger partial charge in [0, 0.05) is 50.5 Å². The molecule has 0 spiro atoms. The molecule has 1 atom stereocenters. The Kier molecular flexibility index (Phi) is 6.17. The summed E-state index contributed by atoms with van der Waals surface area (Å²) in [4.78, 5) is 31.4. The molecule has 5 nitrogen and oxygen atoms in total. The van der Waals surface area contributed by atoms with Crippen LogP contribution in [0.25, 0.3) is 0 Å². The topological polar surface area (TPSA) is 43.9 Å². The van der Waals surface area contributed by atoms with Gasteiger partial charge in [0.2, 0.25) is 11.8 Å². The summed E-state index contributed by atoms with van der Waals surface area (Å²) in [5.41, 5.74) is 2.13. The van der Waals surface area contributed by atoms with E-state index < -0.39 is 0 Å². The monoisotopic (exact) mass is 357 g/mol. The number of hydrogen-bond donors (Lipinski definition) is 0. The molecule has 2 amide bonds. The van der Waals surface area contributed by atoms with Crippen molar-refractivity contribution in [2.24, 2.45) is 5.92 Å². The molecule has 0 aromatic heterocycles. The summed E-state index contributed by atoms with van der Waals surface area (Å²) >= 11 is 0. The standard InChI is InChI=1S/C21H31N3O2/c1-3-11-23(12-4-2)21(26)17-15-20(25)24(16-17)19-9-7-18(8-10-19)22-13-5-6-14-22/h7-10,17H,3-6,11-16H2,1-2H3. The summed E-state index contributed by atoms with van der Waals surface area (Å²) in [7, 11) is 0. The van der Waals surface area contributed by atoms with Crippen LogP contribution >= 0.6 is 0 Å². The SMILES string of the molecule is CCCN(CCC)C(=O)C1CC(=O)N(c2ccc(N3CCCC3)cc2)C1. The van der Waals surface area contributed by atoms with E-state index in [0.717, 1.165) is 44.7 Å². The van der Waals surface area contributed by atoms with Gasteiger partial charge in [-0.15, -0.1) is 0 Å². The Bertz CT molecular complexity index is 617. The average Bonchev–Trinajstić information content (AvgIpc) is 3.31. The number of rotatable bonds is 7. The van der Waals surface area contributed by atoms with Crippen LogP contribution in [0.5, 0.6) is 0 Å². The largest absolute Gasteiger partial charge is 0.372 e. The van der Waals surface area contributed by atoms with Gasteiger partial charge in [-0.3, -0.25) is 9.59 Å². The van der Waals surface area contributed by atoms with E-state index >= 15 is 0 Å². The fourth-order valence-corrected chi connectivity index (χ4v) is 4.07. The van der Waals surface area contributed by atoms with Crippen molar-refractivity contribution < 1.29 is 9.59 Å². The molecule has 3 rings (SSSR count). The van der Waals surface area contributed by atoms with Crippen molar-refractivity contribution in [3.05, 3.63) is 24.3 Å². The molecule has 5 heteroatoms. The maximum absolute atomic E-state index is 12.8. The van der Waals surface area contributed by atoms with Crippen LogP contribution in [-0.4, -0.2) is 49.4 Å². The van der Waals surface area contributed by atoms with E-state index in [1.165, 1.54) is 18.5 Å². The van der Waals surface area contributed by atoms with Gasteiger partial charge in [0.15, 0.2) is 0 Å². The predicted octanol–water partition coefficient (Wildman–Crippen LogP) is 3.29. The van der Waals surface area contributed by atoms with Gasteiger partial charge >= 0.3 is 0 Å². The van der Waals surface area contributed by atoms with Gasteiger partial charge in [0.25, 0.3) is 0 Å².